The summed E-state index contributed by atoms with van der Waals surface area (Å²) in [6.07, 6.45) is 0. The summed E-state index contributed by atoms with van der Waals surface area (Å²) in [5.41, 5.74) is -0.0391. The lowest BCUT2D eigenvalue weighted by atomic mass is 10.2. The molecule has 0 saturated carbocycles. The Morgan fingerprint density at radius 2 is 1.69 bits per heavy atom. The van der Waals surface area contributed by atoms with Crippen molar-refractivity contribution in [2.24, 2.45) is 0 Å². The summed E-state index contributed by atoms with van der Waals surface area (Å²) in [6.45, 7) is 12.7. The van der Waals surface area contributed by atoms with E-state index in [1.165, 1.54) is 0 Å². The Hall–Kier alpha value is -0.630. The predicted octanol–water partition coefficient (Wildman–Crippen LogP) is 0.943. The molecular formula is C12H23N3O. The highest BCUT2D eigenvalue weighted by Crippen LogP contribution is 2.07. The maximum atomic E-state index is 8.59. The Labute approximate surface area is 98.8 Å². The summed E-state index contributed by atoms with van der Waals surface area (Å²) in [6, 6.07) is 2.20. The van der Waals surface area contributed by atoms with Crippen LogP contribution >= 0.6 is 0 Å². The van der Waals surface area contributed by atoms with Gasteiger partial charge in [0.1, 0.15) is 0 Å². The SMILES string of the molecule is CC(C)(C)OCCN1CCN(CC#N)CC1. The molecule has 4 heteroatoms. The number of ether oxygens (including phenoxy) is 1. The molecule has 1 fully saturated rings. The van der Waals surface area contributed by atoms with Gasteiger partial charge < -0.3 is 4.74 Å². The summed E-state index contributed by atoms with van der Waals surface area (Å²) in [5.74, 6) is 0. The quantitative estimate of drug-likeness (QED) is 0.668. The van der Waals surface area contributed by atoms with E-state index in [1.54, 1.807) is 0 Å². The van der Waals surface area contributed by atoms with E-state index in [1.807, 2.05) is 0 Å². The molecule has 92 valence electrons. The zero-order valence-electron chi connectivity index (χ0n) is 10.7. The van der Waals surface area contributed by atoms with E-state index in [9.17, 15) is 0 Å². The number of rotatable bonds is 4. The lowest BCUT2D eigenvalue weighted by Gasteiger charge is -2.33. The average Bonchev–Trinajstić information content (AvgIpc) is 2.19. The molecule has 1 rings (SSSR count). The first-order chi connectivity index (χ1) is 7.51. The number of hydrogen-bond donors (Lipinski definition) is 0. The lowest BCUT2D eigenvalue weighted by Crippen LogP contribution is -2.47. The number of nitriles is 1. The van der Waals surface area contributed by atoms with E-state index in [-0.39, 0.29) is 5.60 Å². The molecule has 0 bridgehead atoms. The van der Waals surface area contributed by atoms with Crippen LogP contribution in [0.4, 0.5) is 0 Å². The minimum Gasteiger partial charge on any atom is -0.375 e. The maximum Gasteiger partial charge on any atom is 0.0866 e. The van der Waals surface area contributed by atoms with Gasteiger partial charge in [-0.25, -0.2) is 0 Å². The summed E-state index contributed by atoms with van der Waals surface area (Å²) < 4.78 is 5.70. The highest BCUT2D eigenvalue weighted by Gasteiger charge is 2.17. The van der Waals surface area contributed by atoms with Gasteiger partial charge in [-0.1, -0.05) is 0 Å². The monoisotopic (exact) mass is 225 g/mol. The molecule has 0 aromatic rings. The fourth-order valence-corrected chi connectivity index (χ4v) is 1.75. The Morgan fingerprint density at radius 1 is 1.12 bits per heavy atom. The molecule has 0 amide bonds. The first kappa shape index (κ1) is 13.4. The summed E-state index contributed by atoms with van der Waals surface area (Å²) >= 11 is 0. The largest absolute Gasteiger partial charge is 0.375 e. The Bertz CT molecular complexity index is 234. The molecule has 1 heterocycles. The van der Waals surface area contributed by atoms with Crippen LogP contribution in [0.1, 0.15) is 20.8 Å². The molecule has 0 aromatic heterocycles. The molecule has 1 aliphatic rings. The normalized spacial score (nSPS) is 19.6. The van der Waals surface area contributed by atoms with E-state index < -0.39 is 0 Å². The van der Waals surface area contributed by atoms with Crippen molar-refractivity contribution in [1.29, 1.82) is 5.26 Å². The molecule has 1 aliphatic heterocycles. The summed E-state index contributed by atoms with van der Waals surface area (Å²) in [4.78, 5) is 4.60. The van der Waals surface area contributed by atoms with E-state index in [0.29, 0.717) is 6.54 Å². The standard InChI is InChI=1S/C12H23N3O/c1-12(2,3)16-11-10-15-8-6-14(5-4-13)7-9-15/h5-11H2,1-3H3. The van der Waals surface area contributed by atoms with Crippen LogP contribution in [0.2, 0.25) is 0 Å². The molecule has 0 aromatic carbocycles. The van der Waals surface area contributed by atoms with E-state index in [2.05, 4.69) is 36.6 Å². The van der Waals surface area contributed by atoms with Crippen molar-refractivity contribution >= 4 is 0 Å². The van der Waals surface area contributed by atoms with Crippen LogP contribution in [-0.2, 0) is 4.74 Å². The predicted molar refractivity (Wildman–Crippen MR) is 64.2 cm³/mol. The Balaban J connectivity index is 2.11. The molecule has 0 unspecified atom stereocenters. The maximum absolute atomic E-state index is 8.59. The molecule has 0 aliphatic carbocycles. The van der Waals surface area contributed by atoms with Crippen molar-refractivity contribution in [3.63, 3.8) is 0 Å². The highest BCUT2D eigenvalue weighted by molar-refractivity contribution is 4.80. The number of nitrogens with zero attached hydrogens (tertiary/aromatic N) is 3. The average molecular weight is 225 g/mol. The van der Waals surface area contributed by atoms with Crippen molar-refractivity contribution < 1.29 is 4.74 Å². The van der Waals surface area contributed by atoms with Crippen LogP contribution in [0.15, 0.2) is 0 Å². The van der Waals surface area contributed by atoms with Gasteiger partial charge in [0.05, 0.1) is 24.8 Å². The Morgan fingerprint density at radius 3 is 2.19 bits per heavy atom. The van der Waals surface area contributed by atoms with Gasteiger partial charge in [0, 0.05) is 32.7 Å². The zero-order chi connectivity index (χ0) is 12.0. The molecule has 4 nitrogen and oxygen atoms in total. The fourth-order valence-electron chi connectivity index (χ4n) is 1.75. The van der Waals surface area contributed by atoms with Gasteiger partial charge in [0.15, 0.2) is 0 Å². The van der Waals surface area contributed by atoms with Gasteiger partial charge in [-0.15, -0.1) is 0 Å². The van der Waals surface area contributed by atoms with Crippen molar-refractivity contribution in [3.05, 3.63) is 0 Å². The van der Waals surface area contributed by atoms with E-state index in [4.69, 9.17) is 10.00 Å². The van der Waals surface area contributed by atoms with Crippen LogP contribution in [0.5, 0.6) is 0 Å². The van der Waals surface area contributed by atoms with Crippen molar-refractivity contribution in [1.82, 2.24) is 9.80 Å². The molecule has 1 saturated heterocycles. The third kappa shape index (κ3) is 5.45. The lowest BCUT2D eigenvalue weighted by molar-refractivity contribution is -0.0173. The minimum absolute atomic E-state index is 0.0391. The Kier molecular flexibility index (Phi) is 5.20. The second kappa shape index (κ2) is 6.19. The van der Waals surface area contributed by atoms with Gasteiger partial charge in [0.25, 0.3) is 0 Å². The second-order valence-electron chi connectivity index (χ2n) is 5.24. The van der Waals surface area contributed by atoms with Crippen molar-refractivity contribution in [3.8, 4) is 6.07 Å². The van der Waals surface area contributed by atoms with Crippen molar-refractivity contribution in [2.45, 2.75) is 26.4 Å². The molecule has 0 radical (unpaired) electrons. The van der Waals surface area contributed by atoms with Crippen LogP contribution in [0.25, 0.3) is 0 Å². The van der Waals surface area contributed by atoms with E-state index in [0.717, 1.165) is 39.3 Å². The second-order valence-corrected chi connectivity index (χ2v) is 5.24. The van der Waals surface area contributed by atoms with Gasteiger partial charge >= 0.3 is 0 Å². The van der Waals surface area contributed by atoms with Gasteiger partial charge in [-0.05, 0) is 20.8 Å². The topological polar surface area (TPSA) is 39.5 Å². The first-order valence-electron chi connectivity index (χ1n) is 5.97. The van der Waals surface area contributed by atoms with Crippen LogP contribution in [0, 0.1) is 11.3 Å². The summed E-state index contributed by atoms with van der Waals surface area (Å²) in [5, 5.41) is 8.59. The van der Waals surface area contributed by atoms with Gasteiger partial charge in [0.2, 0.25) is 0 Å². The third-order valence-corrected chi connectivity index (χ3v) is 2.70. The molecule has 16 heavy (non-hydrogen) atoms. The zero-order valence-corrected chi connectivity index (χ0v) is 10.7. The summed E-state index contributed by atoms with van der Waals surface area (Å²) in [7, 11) is 0. The number of piperazine rings is 1. The molecular weight excluding hydrogens is 202 g/mol. The molecule has 0 N–H and O–H groups in total. The van der Waals surface area contributed by atoms with Crippen LogP contribution in [0.3, 0.4) is 0 Å². The first-order valence-corrected chi connectivity index (χ1v) is 5.97. The van der Waals surface area contributed by atoms with Crippen LogP contribution < -0.4 is 0 Å². The molecule has 0 spiro atoms. The number of hydrogen-bond acceptors (Lipinski definition) is 4. The van der Waals surface area contributed by atoms with Crippen molar-refractivity contribution in [2.75, 3.05) is 45.9 Å². The molecule has 0 atom stereocenters. The third-order valence-electron chi connectivity index (χ3n) is 2.70. The highest BCUT2D eigenvalue weighted by atomic mass is 16.5. The van der Waals surface area contributed by atoms with E-state index >= 15 is 0 Å². The minimum atomic E-state index is -0.0391. The van der Waals surface area contributed by atoms with Gasteiger partial charge in [-0.2, -0.15) is 5.26 Å². The van der Waals surface area contributed by atoms with Gasteiger partial charge in [-0.3, -0.25) is 9.80 Å². The van der Waals surface area contributed by atoms with Crippen LogP contribution in [-0.4, -0.2) is 61.3 Å². The smallest absolute Gasteiger partial charge is 0.0866 e. The fraction of sp³-hybridized carbons (Fsp3) is 0.917.